The highest BCUT2D eigenvalue weighted by atomic mass is 16.5. The molecule has 0 spiro atoms. The zero-order valence-corrected chi connectivity index (χ0v) is 16.0. The van der Waals surface area contributed by atoms with Crippen molar-refractivity contribution in [2.45, 2.75) is 64.0 Å². The summed E-state index contributed by atoms with van der Waals surface area (Å²) in [4.78, 5) is 29.0. The van der Waals surface area contributed by atoms with Crippen LogP contribution in [0, 0.1) is 0 Å². The van der Waals surface area contributed by atoms with E-state index in [0.29, 0.717) is 18.7 Å². The Bertz CT molecular complexity index is 626. The van der Waals surface area contributed by atoms with Crippen LogP contribution in [-0.4, -0.2) is 70.7 Å². The Balaban J connectivity index is 1.69. The molecule has 2 atom stereocenters. The highest BCUT2D eigenvalue weighted by Gasteiger charge is 2.34. The summed E-state index contributed by atoms with van der Waals surface area (Å²) >= 11 is 0. The first kappa shape index (κ1) is 18.9. The second kappa shape index (κ2) is 8.20. The van der Waals surface area contributed by atoms with E-state index in [1.54, 1.807) is 6.20 Å². The normalized spacial score (nSPS) is 24.7. The standard InChI is InChI=1S/C19H30N4O3/c1-13-5-4-6-14(2)23(13)19(25)16-11-20-21-18(16)15-7-9-22(10-8-15)17(24)12-26-3/h11,13-15H,4-10,12H2,1-3H3,(H,20,21)/t13-,14-/m0/s1. The van der Waals surface area contributed by atoms with E-state index in [1.165, 1.54) is 13.5 Å². The molecule has 144 valence electrons. The first-order valence-corrected chi connectivity index (χ1v) is 9.65. The van der Waals surface area contributed by atoms with Gasteiger partial charge in [-0.25, -0.2) is 0 Å². The van der Waals surface area contributed by atoms with Gasteiger partial charge in [0, 0.05) is 38.2 Å². The Morgan fingerprint density at radius 3 is 2.46 bits per heavy atom. The van der Waals surface area contributed by atoms with E-state index >= 15 is 0 Å². The van der Waals surface area contributed by atoms with Crippen molar-refractivity contribution in [1.82, 2.24) is 20.0 Å². The Kier molecular flexibility index (Phi) is 5.96. The minimum atomic E-state index is 0.0304. The molecule has 0 radical (unpaired) electrons. The summed E-state index contributed by atoms with van der Waals surface area (Å²) in [6.45, 7) is 5.77. The van der Waals surface area contributed by atoms with Crippen LogP contribution in [0.2, 0.25) is 0 Å². The van der Waals surface area contributed by atoms with Crippen molar-refractivity contribution in [3.8, 4) is 0 Å². The van der Waals surface area contributed by atoms with Crippen LogP contribution < -0.4 is 0 Å². The van der Waals surface area contributed by atoms with E-state index in [9.17, 15) is 9.59 Å². The molecule has 2 fully saturated rings. The Labute approximate surface area is 155 Å². The third-order valence-corrected chi connectivity index (χ3v) is 5.85. The molecule has 2 aliphatic rings. The van der Waals surface area contributed by atoms with Crippen LogP contribution >= 0.6 is 0 Å². The molecule has 3 rings (SSSR count). The number of hydrogen-bond donors (Lipinski definition) is 1. The molecule has 0 bridgehead atoms. The number of aromatic nitrogens is 2. The molecule has 2 saturated heterocycles. The van der Waals surface area contributed by atoms with Crippen LogP contribution in [-0.2, 0) is 9.53 Å². The summed E-state index contributed by atoms with van der Waals surface area (Å²) in [6.07, 6.45) is 6.64. The van der Waals surface area contributed by atoms with Crippen molar-refractivity contribution < 1.29 is 14.3 Å². The summed E-state index contributed by atoms with van der Waals surface area (Å²) in [7, 11) is 1.54. The number of aromatic amines is 1. The molecule has 7 heteroatoms. The smallest absolute Gasteiger partial charge is 0.257 e. The van der Waals surface area contributed by atoms with Gasteiger partial charge in [0.25, 0.3) is 5.91 Å². The van der Waals surface area contributed by atoms with Crippen LogP contribution in [0.1, 0.15) is 67.9 Å². The van der Waals surface area contributed by atoms with Gasteiger partial charge in [-0.3, -0.25) is 14.7 Å². The summed E-state index contributed by atoms with van der Waals surface area (Å²) in [6, 6.07) is 0.532. The maximum absolute atomic E-state index is 13.2. The quantitative estimate of drug-likeness (QED) is 0.890. The van der Waals surface area contributed by atoms with Gasteiger partial charge in [-0.1, -0.05) is 0 Å². The van der Waals surface area contributed by atoms with E-state index in [1.807, 2.05) is 9.80 Å². The predicted molar refractivity (Wildman–Crippen MR) is 98.0 cm³/mol. The van der Waals surface area contributed by atoms with Gasteiger partial charge in [0.15, 0.2) is 0 Å². The predicted octanol–water partition coefficient (Wildman–Crippen LogP) is 2.17. The average Bonchev–Trinajstić information content (AvgIpc) is 3.11. The van der Waals surface area contributed by atoms with Crippen LogP contribution in [0.15, 0.2) is 6.20 Å². The van der Waals surface area contributed by atoms with Crippen molar-refractivity contribution >= 4 is 11.8 Å². The lowest BCUT2D eigenvalue weighted by Crippen LogP contribution is -2.47. The SMILES string of the molecule is COCC(=O)N1CCC(c2[nH]ncc2C(=O)N2[C@@H](C)CCC[C@@H]2C)CC1. The van der Waals surface area contributed by atoms with Crippen molar-refractivity contribution in [3.63, 3.8) is 0 Å². The first-order chi connectivity index (χ1) is 12.5. The average molecular weight is 362 g/mol. The highest BCUT2D eigenvalue weighted by Crippen LogP contribution is 2.31. The molecule has 7 nitrogen and oxygen atoms in total. The number of rotatable bonds is 4. The molecular weight excluding hydrogens is 332 g/mol. The van der Waals surface area contributed by atoms with E-state index < -0.39 is 0 Å². The van der Waals surface area contributed by atoms with Crippen LogP contribution in [0.3, 0.4) is 0 Å². The number of hydrogen-bond acceptors (Lipinski definition) is 4. The monoisotopic (exact) mass is 362 g/mol. The fraction of sp³-hybridized carbons (Fsp3) is 0.737. The van der Waals surface area contributed by atoms with Crippen LogP contribution in [0.25, 0.3) is 0 Å². The lowest BCUT2D eigenvalue weighted by atomic mass is 9.90. The molecule has 0 saturated carbocycles. The number of carbonyl (C=O) groups excluding carboxylic acids is 2. The van der Waals surface area contributed by atoms with E-state index in [-0.39, 0.29) is 36.4 Å². The number of carbonyl (C=O) groups is 2. The summed E-state index contributed by atoms with van der Waals surface area (Å²) < 4.78 is 4.94. The molecule has 0 unspecified atom stereocenters. The number of nitrogens with zero attached hydrogens (tertiary/aromatic N) is 3. The van der Waals surface area contributed by atoms with Gasteiger partial charge in [0.05, 0.1) is 17.5 Å². The number of nitrogens with one attached hydrogen (secondary N) is 1. The molecule has 1 aromatic rings. The van der Waals surface area contributed by atoms with Crippen molar-refractivity contribution in [2.24, 2.45) is 0 Å². The maximum atomic E-state index is 13.2. The van der Waals surface area contributed by atoms with Gasteiger partial charge < -0.3 is 14.5 Å². The molecule has 0 aromatic carbocycles. The number of piperidine rings is 2. The van der Waals surface area contributed by atoms with Gasteiger partial charge in [0.2, 0.25) is 5.91 Å². The van der Waals surface area contributed by atoms with Gasteiger partial charge in [0.1, 0.15) is 6.61 Å². The van der Waals surface area contributed by atoms with Crippen molar-refractivity contribution in [2.75, 3.05) is 26.8 Å². The third-order valence-electron chi connectivity index (χ3n) is 5.85. The summed E-state index contributed by atoms with van der Waals surface area (Å²) in [5.74, 6) is 0.354. The molecule has 1 N–H and O–H groups in total. The number of H-pyrrole nitrogens is 1. The fourth-order valence-electron chi connectivity index (χ4n) is 4.37. The molecule has 3 heterocycles. The second-order valence-electron chi connectivity index (χ2n) is 7.63. The van der Waals surface area contributed by atoms with E-state index in [4.69, 9.17) is 4.74 Å². The molecule has 2 amide bonds. The van der Waals surface area contributed by atoms with Gasteiger partial charge in [-0.2, -0.15) is 5.10 Å². The molecular formula is C19H30N4O3. The third kappa shape index (κ3) is 3.77. The zero-order chi connectivity index (χ0) is 18.7. The maximum Gasteiger partial charge on any atom is 0.257 e. The Morgan fingerprint density at radius 1 is 1.19 bits per heavy atom. The van der Waals surface area contributed by atoms with Gasteiger partial charge in [-0.15, -0.1) is 0 Å². The lowest BCUT2D eigenvalue weighted by Gasteiger charge is -2.39. The zero-order valence-electron chi connectivity index (χ0n) is 16.0. The molecule has 26 heavy (non-hydrogen) atoms. The number of ether oxygens (including phenoxy) is 1. The van der Waals surface area contributed by atoms with Crippen LogP contribution in [0.5, 0.6) is 0 Å². The van der Waals surface area contributed by atoms with E-state index in [0.717, 1.165) is 31.4 Å². The molecule has 0 aliphatic carbocycles. The Morgan fingerprint density at radius 2 is 1.85 bits per heavy atom. The highest BCUT2D eigenvalue weighted by molar-refractivity contribution is 5.95. The van der Waals surface area contributed by atoms with Gasteiger partial charge in [-0.05, 0) is 46.0 Å². The van der Waals surface area contributed by atoms with Gasteiger partial charge >= 0.3 is 0 Å². The summed E-state index contributed by atoms with van der Waals surface area (Å²) in [5, 5.41) is 7.24. The number of amides is 2. The molecule has 2 aliphatic heterocycles. The Hall–Kier alpha value is -1.89. The second-order valence-corrected chi connectivity index (χ2v) is 7.63. The van der Waals surface area contributed by atoms with Crippen molar-refractivity contribution in [1.29, 1.82) is 0 Å². The number of methoxy groups -OCH3 is 1. The fourth-order valence-corrected chi connectivity index (χ4v) is 4.37. The lowest BCUT2D eigenvalue weighted by molar-refractivity contribution is -0.136. The minimum absolute atomic E-state index is 0.0304. The summed E-state index contributed by atoms with van der Waals surface area (Å²) in [5.41, 5.74) is 1.63. The number of likely N-dealkylation sites (tertiary alicyclic amines) is 2. The topological polar surface area (TPSA) is 78.5 Å². The first-order valence-electron chi connectivity index (χ1n) is 9.65. The van der Waals surface area contributed by atoms with Crippen LogP contribution in [0.4, 0.5) is 0 Å². The minimum Gasteiger partial charge on any atom is -0.375 e. The van der Waals surface area contributed by atoms with Crippen molar-refractivity contribution in [3.05, 3.63) is 17.5 Å². The largest absolute Gasteiger partial charge is 0.375 e. The van der Waals surface area contributed by atoms with E-state index in [2.05, 4.69) is 24.0 Å². The molecule has 1 aromatic heterocycles.